The first-order valence-corrected chi connectivity index (χ1v) is 8.31. The van der Waals surface area contributed by atoms with Crippen LogP contribution in [0.15, 0.2) is 0 Å². The average molecular weight is 278 g/mol. The zero-order chi connectivity index (χ0) is 13.5. The van der Waals surface area contributed by atoms with Gasteiger partial charge in [0.25, 0.3) is 0 Å². The number of carbonyl (C=O) groups excluding carboxylic acids is 1. The molecular formula is C15H26N4O. The number of hydrogen-bond acceptors (Lipinski definition) is 3. The number of carbonyl (C=O) groups is 1. The van der Waals surface area contributed by atoms with Crippen LogP contribution in [0.1, 0.15) is 32.1 Å². The van der Waals surface area contributed by atoms with E-state index in [0.717, 1.165) is 25.4 Å². The van der Waals surface area contributed by atoms with E-state index in [0.29, 0.717) is 24.0 Å². The Kier molecular flexibility index (Phi) is 3.34. The molecule has 6 aliphatic rings. The van der Waals surface area contributed by atoms with E-state index >= 15 is 0 Å². The van der Waals surface area contributed by atoms with Crippen molar-refractivity contribution in [2.45, 2.75) is 50.2 Å². The minimum Gasteiger partial charge on any atom is -0.334 e. The van der Waals surface area contributed by atoms with E-state index in [-0.39, 0.29) is 6.03 Å². The number of rotatable bonds is 2. The van der Waals surface area contributed by atoms with Gasteiger partial charge in [0.1, 0.15) is 0 Å². The SMILES string of the molecule is O=C(NC1CN2CCC1CC2)NC1CC2CCC1NC2. The molecule has 5 heterocycles. The zero-order valence-corrected chi connectivity index (χ0v) is 12.1. The summed E-state index contributed by atoms with van der Waals surface area (Å²) in [4.78, 5) is 14.7. The first-order chi connectivity index (χ1) is 9.78. The summed E-state index contributed by atoms with van der Waals surface area (Å²) in [5.74, 6) is 1.47. The minimum atomic E-state index is 0.0584. The molecule has 3 N–H and O–H groups in total. The van der Waals surface area contributed by atoms with Crippen LogP contribution in [0.3, 0.4) is 0 Å². The predicted molar refractivity (Wildman–Crippen MR) is 77.5 cm³/mol. The van der Waals surface area contributed by atoms with Gasteiger partial charge in [-0.25, -0.2) is 4.79 Å². The fourth-order valence-corrected chi connectivity index (χ4v) is 4.67. The Morgan fingerprint density at radius 3 is 2.40 bits per heavy atom. The molecular weight excluding hydrogens is 252 g/mol. The summed E-state index contributed by atoms with van der Waals surface area (Å²) in [7, 11) is 0. The highest BCUT2D eigenvalue weighted by Gasteiger charge is 2.38. The molecule has 20 heavy (non-hydrogen) atoms. The summed E-state index contributed by atoms with van der Waals surface area (Å²) in [5, 5.41) is 10.0. The van der Waals surface area contributed by atoms with Crippen LogP contribution in [0.4, 0.5) is 4.79 Å². The Morgan fingerprint density at radius 2 is 1.85 bits per heavy atom. The van der Waals surface area contributed by atoms with Crippen molar-refractivity contribution in [2.24, 2.45) is 11.8 Å². The maximum Gasteiger partial charge on any atom is 0.315 e. The zero-order valence-electron chi connectivity index (χ0n) is 12.1. The number of piperidine rings is 5. The van der Waals surface area contributed by atoms with Crippen molar-refractivity contribution in [3.8, 4) is 0 Å². The van der Waals surface area contributed by atoms with Crippen molar-refractivity contribution in [1.82, 2.24) is 20.9 Å². The predicted octanol–water partition coefficient (Wildman–Crippen LogP) is 0.520. The van der Waals surface area contributed by atoms with Crippen LogP contribution in [0.25, 0.3) is 0 Å². The van der Waals surface area contributed by atoms with Gasteiger partial charge in [-0.05, 0) is 63.6 Å². The number of urea groups is 1. The van der Waals surface area contributed by atoms with E-state index in [1.54, 1.807) is 0 Å². The molecule has 112 valence electrons. The number of nitrogens with one attached hydrogen (secondary N) is 3. The summed E-state index contributed by atoms with van der Waals surface area (Å²) in [5.41, 5.74) is 0. The molecule has 1 saturated carbocycles. The third-order valence-corrected chi connectivity index (χ3v) is 5.92. The number of amides is 2. The molecule has 0 radical (unpaired) electrons. The standard InChI is InChI=1S/C15H26N4O/c20-15(17-13-7-10-1-2-12(13)16-8-10)18-14-9-19-5-3-11(14)4-6-19/h10-14,16H,1-9H2,(H2,17,18,20). The van der Waals surface area contributed by atoms with E-state index < -0.39 is 0 Å². The first-order valence-electron chi connectivity index (χ1n) is 8.31. The largest absolute Gasteiger partial charge is 0.334 e. The Bertz CT molecular complexity index is 338. The van der Waals surface area contributed by atoms with Gasteiger partial charge in [-0.15, -0.1) is 0 Å². The maximum absolute atomic E-state index is 12.3. The van der Waals surface area contributed by atoms with Crippen molar-refractivity contribution in [3.63, 3.8) is 0 Å². The summed E-state index contributed by atoms with van der Waals surface area (Å²) >= 11 is 0. The van der Waals surface area contributed by atoms with Crippen molar-refractivity contribution < 1.29 is 4.79 Å². The highest BCUT2D eigenvalue weighted by molar-refractivity contribution is 5.74. The molecule has 0 aromatic rings. The molecule has 5 saturated heterocycles. The van der Waals surface area contributed by atoms with Gasteiger partial charge in [-0.2, -0.15) is 0 Å². The van der Waals surface area contributed by atoms with Crippen molar-refractivity contribution in [3.05, 3.63) is 0 Å². The molecule has 6 rings (SSSR count). The highest BCUT2D eigenvalue weighted by atomic mass is 16.2. The Morgan fingerprint density at radius 1 is 1.05 bits per heavy atom. The number of fused-ring (bicyclic) bond motifs is 6. The Hall–Kier alpha value is -0.810. The number of nitrogens with zero attached hydrogens (tertiary/aromatic N) is 1. The average Bonchev–Trinajstić information content (AvgIpc) is 2.49. The van der Waals surface area contributed by atoms with Gasteiger partial charge in [0.2, 0.25) is 0 Å². The van der Waals surface area contributed by atoms with Gasteiger partial charge in [-0.1, -0.05) is 0 Å². The molecule has 5 heteroatoms. The molecule has 4 bridgehead atoms. The third kappa shape index (κ3) is 2.42. The van der Waals surface area contributed by atoms with Crippen LogP contribution in [0.5, 0.6) is 0 Å². The van der Waals surface area contributed by atoms with Crippen LogP contribution >= 0.6 is 0 Å². The van der Waals surface area contributed by atoms with E-state index in [1.807, 2.05) is 0 Å². The monoisotopic (exact) mass is 278 g/mol. The molecule has 1 aliphatic carbocycles. The van der Waals surface area contributed by atoms with Gasteiger partial charge in [0.15, 0.2) is 0 Å². The lowest BCUT2D eigenvalue weighted by Crippen LogP contribution is -2.63. The van der Waals surface area contributed by atoms with Crippen molar-refractivity contribution >= 4 is 6.03 Å². The third-order valence-electron chi connectivity index (χ3n) is 5.92. The second-order valence-electron chi connectivity index (χ2n) is 7.16. The second-order valence-corrected chi connectivity index (χ2v) is 7.16. The van der Waals surface area contributed by atoms with Gasteiger partial charge in [0.05, 0.1) is 0 Å². The molecule has 4 atom stereocenters. The smallest absolute Gasteiger partial charge is 0.315 e. The molecule has 2 amide bonds. The van der Waals surface area contributed by atoms with Gasteiger partial charge < -0.3 is 20.9 Å². The van der Waals surface area contributed by atoms with Gasteiger partial charge >= 0.3 is 6.03 Å². The van der Waals surface area contributed by atoms with Crippen LogP contribution < -0.4 is 16.0 Å². The van der Waals surface area contributed by atoms with E-state index in [2.05, 4.69) is 20.9 Å². The topological polar surface area (TPSA) is 56.4 Å². The van der Waals surface area contributed by atoms with Gasteiger partial charge in [0, 0.05) is 24.7 Å². The molecule has 5 nitrogen and oxygen atoms in total. The van der Waals surface area contributed by atoms with Crippen LogP contribution in [0.2, 0.25) is 0 Å². The lowest BCUT2D eigenvalue weighted by molar-refractivity contribution is 0.0754. The van der Waals surface area contributed by atoms with Crippen LogP contribution in [-0.2, 0) is 0 Å². The van der Waals surface area contributed by atoms with Crippen molar-refractivity contribution in [1.29, 1.82) is 0 Å². The fraction of sp³-hybridized carbons (Fsp3) is 0.933. The lowest BCUT2D eigenvalue weighted by Gasteiger charge is -2.46. The van der Waals surface area contributed by atoms with E-state index in [1.165, 1.54) is 38.8 Å². The molecule has 0 spiro atoms. The second kappa shape index (κ2) is 5.19. The Balaban J connectivity index is 1.30. The first kappa shape index (κ1) is 12.9. The van der Waals surface area contributed by atoms with E-state index in [4.69, 9.17) is 0 Å². The minimum absolute atomic E-state index is 0.0584. The quantitative estimate of drug-likeness (QED) is 0.690. The maximum atomic E-state index is 12.3. The molecule has 0 aromatic carbocycles. The molecule has 4 unspecified atom stereocenters. The summed E-state index contributed by atoms with van der Waals surface area (Å²) in [6.07, 6.45) is 6.21. The van der Waals surface area contributed by atoms with Crippen LogP contribution in [0, 0.1) is 11.8 Å². The normalized spacial score (nSPS) is 46.2. The molecule has 6 fully saturated rings. The highest BCUT2D eigenvalue weighted by Crippen LogP contribution is 2.30. The Labute approximate surface area is 120 Å². The van der Waals surface area contributed by atoms with Gasteiger partial charge in [-0.3, -0.25) is 0 Å². The number of hydrogen-bond donors (Lipinski definition) is 3. The van der Waals surface area contributed by atoms with E-state index in [9.17, 15) is 4.79 Å². The summed E-state index contributed by atoms with van der Waals surface area (Å²) in [6.45, 7) is 4.64. The van der Waals surface area contributed by atoms with Crippen molar-refractivity contribution in [2.75, 3.05) is 26.2 Å². The molecule has 5 aliphatic heterocycles. The summed E-state index contributed by atoms with van der Waals surface area (Å²) in [6, 6.07) is 1.26. The lowest BCUT2D eigenvalue weighted by atomic mass is 9.78. The fourth-order valence-electron chi connectivity index (χ4n) is 4.67. The van der Waals surface area contributed by atoms with Crippen LogP contribution in [-0.4, -0.2) is 55.2 Å². The summed E-state index contributed by atoms with van der Waals surface area (Å²) < 4.78 is 0. The molecule has 0 aromatic heterocycles.